The van der Waals surface area contributed by atoms with Crippen molar-refractivity contribution in [1.82, 2.24) is 20.4 Å². The number of methoxy groups -OCH3 is 1. The van der Waals surface area contributed by atoms with Gasteiger partial charge in [0.25, 0.3) is 11.8 Å². The van der Waals surface area contributed by atoms with Crippen LogP contribution in [0.15, 0.2) is 47.1 Å². The number of rotatable bonds is 5. The van der Waals surface area contributed by atoms with E-state index in [0.717, 1.165) is 5.56 Å². The number of aromatic hydroxyl groups is 1. The topological polar surface area (TPSA) is 110 Å². The number of hydrogen-bond acceptors (Lipinski definition) is 7. The molecule has 1 atom stereocenters. The molecule has 0 fully saturated rings. The van der Waals surface area contributed by atoms with Crippen LogP contribution in [0.4, 0.5) is 0 Å². The van der Waals surface area contributed by atoms with E-state index in [0.29, 0.717) is 11.7 Å². The molecule has 0 saturated heterocycles. The van der Waals surface area contributed by atoms with Crippen LogP contribution in [-0.2, 0) is 0 Å². The fourth-order valence-corrected chi connectivity index (χ4v) is 2.21. The quantitative estimate of drug-likeness (QED) is 0.733. The first-order valence-electron chi connectivity index (χ1n) is 7.52. The van der Waals surface area contributed by atoms with Gasteiger partial charge in [-0.05, 0) is 19.1 Å². The van der Waals surface area contributed by atoms with Gasteiger partial charge in [-0.3, -0.25) is 4.79 Å². The van der Waals surface area contributed by atoms with E-state index in [1.165, 1.54) is 19.4 Å². The zero-order valence-corrected chi connectivity index (χ0v) is 13.6. The van der Waals surface area contributed by atoms with Gasteiger partial charge in [0, 0.05) is 17.8 Å². The van der Waals surface area contributed by atoms with E-state index in [4.69, 9.17) is 9.26 Å². The molecule has 0 spiro atoms. The Morgan fingerprint density at radius 2 is 2.04 bits per heavy atom. The Morgan fingerprint density at radius 1 is 1.28 bits per heavy atom. The van der Waals surface area contributed by atoms with Gasteiger partial charge in [-0.15, -0.1) is 0 Å². The smallest absolute Gasteiger partial charge is 0.274 e. The Kier molecular flexibility index (Phi) is 4.60. The van der Waals surface area contributed by atoms with Crippen molar-refractivity contribution >= 4 is 5.91 Å². The summed E-state index contributed by atoms with van der Waals surface area (Å²) in [4.78, 5) is 20.5. The van der Waals surface area contributed by atoms with Crippen LogP contribution in [0.2, 0.25) is 0 Å². The maximum atomic E-state index is 12.3. The van der Waals surface area contributed by atoms with Gasteiger partial charge in [-0.2, -0.15) is 4.98 Å². The fourth-order valence-electron chi connectivity index (χ4n) is 2.21. The Balaban J connectivity index is 1.75. The highest BCUT2D eigenvalue weighted by Crippen LogP contribution is 2.28. The van der Waals surface area contributed by atoms with Crippen LogP contribution in [-0.4, -0.2) is 33.2 Å². The number of amides is 1. The van der Waals surface area contributed by atoms with Crippen LogP contribution >= 0.6 is 0 Å². The average Bonchev–Trinajstić information content (AvgIpc) is 3.13. The van der Waals surface area contributed by atoms with Crippen LogP contribution in [0.25, 0.3) is 11.5 Å². The summed E-state index contributed by atoms with van der Waals surface area (Å²) < 4.78 is 10.2. The Morgan fingerprint density at radius 3 is 2.76 bits per heavy atom. The first-order chi connectivity index (χ1) is 12.1. The number of benzene rings is 1. The molecule has 0 saturated carbocycles. The molecule has 3 aromatic rings. The molecule has 1 aromatic carbocycles. The lowest BCUT2D eigenvalue weighted by Gasteiger charge is -2.11. The maximum Gasteiger partial charge on any atom is 0.274 e. The summed E-state index contributed by atoms with van der Waals surface area (Å²) >= 11 is 0. The normalized spacial score (nSPS) is 11.8. The highest BCUT2D eigenvalue weighted by molar-refractivity contribution is 5.95. The number of nitrogens with one attached hydrogen (secondary N) is 1. The second-order valence-corrected chi connectivity index (χ2v) is 5.23. The molecule has 3 rings (SSSR count). The van der Waals surface area contributed by atoms with Gasteiger partial charge in [0.2, 0.25) is 0 Å². The molecule has 0 aliphatic carbocycles. The summed E-state index contributed by atoms with van der Waals surface area (Å²) in [6.45, 7) is 1.70. The number of ether oxygens (including phenoxy) is 1. The number of carbonyl (C=O) groups excluding carboxylic acids is 1. The van der Waals surface area contributed by atoms with Gasteiger partial charge in [-0.25, -0.2) is 4.98 Å². The SMILES string of the molecule is COc1ccnc(C(=O)N[C@@H](C)c2noc(-c3ccccc3)n2)c1O. The van der Waals surface area contributed by atoms with Gasteiger partial charge in [0.05, 0.1) is 13.2 Å². The third kappa shape index (κ3) is 3.42. The molecular formula is C17H16N4O4. The monoisotopic (exact) mass is 340 g/mol. The minimum absolute atomic E-state index is 0.141. The third-order valence-corrected chi connectivity index (χ3v) is 3.52. The van der Waals surface area contributed by atoms with Crippen molar-refractivity contribution in [2.24, 2.45) is 0 Å². The van der Waals surface area contributed by atoms with Gasteiger partial charge >= 0.3 is 0 Å². The highest BCUT2D eigenvalue weighted by Gasteiger charge is 2.21. The number of hydrogen-bond donors (Lipinski definition) is 2. The van der Waals surface area contributed by atoms with E-state index in [1.54, 1.807) is 6.92 Å². The first-order valence-corrected chi connectivity index (χ1v) is 7.52. The van der Waals surface area contributed by atoms with Gasteiger partial charge < -0.3 is 19.7 Å². The van der Waals surface area contributed by atoms with Crippen molar-refractivity contribution in [3.63, 3.8) is 0 Å². The second kappa shape index (κ2) is 7.00. The largest absolute Gasteiger partial charge is 0.503 e. The molecule has 25 heavy (non-hydrogen) atoms. The van der Waals surface area contributed by atoms with Crippen molar-refractivity contribution in [2.75, 3.05) is 7.11 Å². The third-order valence-electron chi connectivity index (χ3n) is 3.52. The zero-order valence-electron chi connectivity index (χ0n) is 13.6. The predicted octanol–water partition coefficient (Wildman–Crippen LogP) is 2.34. The first kappa shape index (κ1) is 16.4. The molecular weight excluding hydrogens is 324 g/mol. The van der Waals surface area contributed by atoms with E-state index >= 15 is 0 Å². The minimum Gasteiger partial charge on any atom is -0.503 e. The van der Waals surface area contributed by atoms with Crippen LogP contribution in [0.5, 0.6) is 11.5 Å². The van der Waals surface area contributed by atoms with Crippen LogP contribution in [0, 0.1) is 0 Å². The van der Waals surface area contributed by atoms with Crippen molar-refractivity contribution in [1.29, 1.82) is 0 Å². The van der Waals surface area contributed by atoms with Gasteiger partial charge in [-0.1, -0.05) is 23.4 Å². The van der Waals surface area contributed by atoms with E-state index in [-0.39, 0.29) is 17.2 Å². The molecule has 8 nitrogen and oxygen atoms in total. The van der Waals surface area contributed by atoms with Gasteiger partial charge in [0.1, 0.15) is 0 Å². The van der Waals surface area contributed by atoms with Crippen molar-refractivity contribution < 1.29 is 19.2 Å². The van der Waals surface area contributed by atoms with Crippen LogP contribution in [0.1, 0.15) is 29.3 Å². The highest BCUT2D eigenvalue weighted by atomic mass is 16.5. The van der Waals surface area contributed by atoms with Crippen molar-refractivity contribution in [3.8, 4) is 23.0 Å². The molecule has 2 heterocycles. The van der Waals surface area contributed by atoms with E-state index < -0.39 is 11.9 Å². The minimum atomic E-state index is -0.574. The van der Waals surface area contributed by atoms with Crippen LogP contribution < -0.4 is 10.1 Å². The lowest BCUT2D eigenvalue weighted by atomic mass is 10.2. The number of carbonyl (C=O) groups is 1. The molecule has 2 N–H and O–H groups in total. The Bertz CT molecular complexity index is 879. The van der Waals surface area contributed by atoms with Crippen LogP contribution in [0.3, 0.4) is 0 Å². The van der Waals surface area contributed by atoms with E-state index in [1.807, 2.05) is 30.3 Å². The van der Waals surface area contributed by atoms with Gasteiger partial charge in [0.15, 0.2) is 23.0 Å². The molecule has 0 unspecified atom stereocenters. The predicted molar refractivity (Wildman–Crippen MR) is 88.1 cm³/mol. The summed E-state index contributed by atoms with van der Waals surface area (Å²) in [6, 6.07) is 10.2. The summed E-state index contributed by atoms with van der Waals surface area (Å²) in [5.74, 6) is -0.0601. The standard InChI is InChI=1S/C17H16N4O4/c1-10(15-20-17(25-21-15)11-6-4-3-5-7-11)19-16(23)13-14(22)12(24-2)8-9-18-13/h3-10,22H,1-2H3,(H,19,23)/t10-/m0/s1. The summed E-state index contributed by atoms with van der Waals surface area (Å²) in [7, 11) is 1.39. The molecule has 0 radical (unpaired) electrons. The number of aromatic nitrogens is 3. The lowest BCUT2D eigenvalue weighted by molar-refractivity contribution is 0.0929. The zero-order chi connectivity index (χ0) is 17.8. The van der Waals surface area contributed by atoms with E-state index in [2.05, 4.69) is 20.4 Å². The molecule has 8 heteroatoms. The lowest BCUT2D eigenvalue weighted by Crippen LogP contribution is -2.28. The molecule has 0 aliphatic heterocycles. The number of pyridine rings is 1. The Hall–Kier alpha value is -3.42. The summed E-state index contributed by atoms with van der Waals surface area (Å²) in [6.07, 6.45) is 1.37. The van der Waals surface area contributed by atoms with E-state index in [9.17, 15) is 9.90 Å². The molecule has 2 aromatic heterocycles. The molecule has 0 bridgehead atoms. The summed E-state index contributed by atoms with van der Waals surface area (Å²) in [5, 5.41) is 16.6. The van der Waals surface area contributed by atoms with Crippen molar-refractivity contribution in [3.05, 3.63) is 54.1 Å². The Labute approximate surface area is 143 Å². The fraction of sp³-hybridized carbons (Fsp3) is 0.176. The van der Waals surface area contributed by atoms with Crippen molar-refractivity contribution in [2.45, 2.75) is 13.0 Å². The molecule has 1 amide bonds. The maximum absolute atomic E-state index is 12.3. The average molecular weight is 340 g/mol. The molecule has 128 valence electrons. The summed E-state index contributed by atoms with van der Waals surface area (Å²) in [5.41, 5.74) is 0.643. The molecule has 0 aliphatic rings. The second-order valence-electron chi connectivity index (χ2n) is 5.23. The number of nitrogens with zero attached hydrogens (tertiary/aromatic N) is 3.